The SMILES string of the molecule is c1ccc2c(c1)CSCc1ccccc1P1c3ccccc3CSCc3ccccc3P2c2ccccc2CSCc2ccccc21. The van der Waals surface area contributed by atoms with Gasteiger partial charge in [0.2, 0.25) is 0 Å². The molecule has 9 rings (SSSR count). The highest BCUT2D eigenvalue weighted by Crippen LogP contribution is 2.42. The van der Waals surface area contributed by atoms with Gasteiger partial charge in [-0.25, -0.2) is 0 Å². The molecular formula is C42H36P2S3. The molecule has 0 aromatic heterocycles. The Kier molecular flexibility index (Phi) is 9.90. The van der Waals surface area contributed by atoms with Gasteiger partial charge in [-0.05, 0) is 81.1 Å². The van der Waals surface area contributed by atoms with E-state index in [-0.39, 0.29) is 0 Å². The maximum Gasteiger partial charge on any atom is 0.0194 e. The molecule has 6 aromatic rings. The van der Waals surface area contributed by atoms with Crippen molar-refractivity contribution >= 4 is 83.0 Å². The van der Waals surface area contributed by atoms with Gasteiger partial charge in [0.15, 0.2) is 0 Å². The predicted molar refractivity (Wildman–Crippen MR) is 215 cm³/mol. The molecule has 0 amide bonds. The van der Waals surface area contributed by atoms with Crippen molar-refractivity contribution in [1.82, 2.24) is 0 Å². The lowest BCUT2D eigenvalue weighted by Crippen LogP contribution is -2.28. The van der Waals surface area contributed by atoms with E-state index in [1.807, 2.05) is 0 Å². The molecule has 0 radical (unpaired) electrons. The van der Waals surface area contributed by atoms with Gasteiger partial charge < -0.3 is 0 Å². The van der Waals surface area contributed by atoms with E-state index in [1.165, 1.54) is 65.2 Å². The van der Waals surface area contributed by atoms with Gasteiger partial charge in [-0.3, -0.25) is 0 Å². The number of benzene rings is 6. The quantitative estimate of drug-likeness (QED) is 0.145. The number of rotatable bonds is 0. The summed E-state index contributed by atoms with van der Waals surface area (Å²) in [6, 6.07) is 56.0. The van der Waals surface area contributed by atoms with E-state index in [1.54, 1.807) is 0 Å². The highest BCUT2D eigenvalue weighted by atomic mass is 32.2. The lowest BCUT2D eigenvalue weighted by Gasteiger charge is -2.29. The molecule has 0 saturated heterocycles. The van der Waals surface area contributed by atoms with Crippen LogP contribution in [0.4, 0.5) is 0 Å². The van der Waals surface area contributed by atoms with Gasteiger partial charge in [-0.2, -0.15) is 35.3 Å². The van der Waals surface area contributed by atoms with Crippen molar-refractivity contribution in [1.29, 1.82) is 0 Å². The first-order valence-electron chi connectivity index (χ1n) is 16.2. The van der Waals surface area contributed by atoms with Crippen molar-refractivity contribution in [2.24, 2.45) is 0 Å². The van der Waals surface area contributed by atoms with E-state index in [2.05, 4.69) is 181 Å². The highest BCUT2D eigenvalue weighted by Gasteiger charge is 2.27. The summed E-state index contributed by atoms with van der Waals surface area (Å²) in [6.07, 6.45) is 0. The van der Waals surface area contributed by atoms with Gasteiger partial charge in [-0.15, -0.1) is 0 Å². The van der Waals surface area contributed by atoms with E-state index in [0.29, 0.717) is 0 Å². The molecule has 0 fully saturated rings. The van der Waals surface area contributed by atoms with E-state index in [0.717, 1.165) is 34.5 Å². The molecule has 3 aliphatic heterocycles. The summed E-state index contributed by atoms with van der Waals surface area (Å²) in [4.78, 5) is 0. The molecule has 3 heterocycles. The largest absolute Gasteiger partial charge is 0.152 e. The number of hydrogen-bond acceptors (Lipinski definition) is 3. The fourth-order valence-corrected chi connectivity index (χ4v) is 16.1. The summed E-state index contributed by atoms with van der Waals surface area (Å²) in [7, 11) is -1.49. The summed E-state index contributed by atoms with van der Waals surface area (Å²) in [5.74, 6) is 6.01. The Morgan fingerprint density at radius 1 is 0.255 bits per heavy atom. The van der Waals surface area contributed by atoms with Crippen LogP contribution in [0.2, 0.25) is 0 Å². The Morgan fingerprint density at radius 3 is 0.617 bits per heavy atom. The summed E-state index contributed by atoms with van der Waals surface area (Å²) in [5.41, 5.74) is 8.85. The van der Waals surface area contributed by atoms with Crippen LogP contribution in [0.5, 0.6) is 0 Å². The van der Waals surface area contributed by atoms with E-state index < -0.39 is 15.8 Å². The van der Waals surface area contributed by atoms with Crippen molar-refractivity contribution in [3.05, 3.63) is 179 Å². The molecule has 0 atom stereocenters. The minimum Gasteiger partial charge on any atom is -0.152 e. The Morgan fingerprint density at radius 2 is 0.426 bits per heavy atom. The first-order chi connectivity index (χ1) is 23.3. The Hall–Kier alpha value is -2.77. The molecule has 2 bridgehead atoms. The molecule has 0 N–H and O–H groups in total. The molecule has 3 aliphatic rings. The zero-order chi connectivity index (χ0) is 31.4. The molecule has 5 heteroatoms. The molecular weight excluding hydrogens is 663 g/mol. The lowest BCUT2D eigenvalue weighted by molar-refractivity contribution is 1.38. The van der Waals surface area contributed by atoms with E-state index in [9.17, 15) is 0 Å². The number of thioether (sulfide) groups is 3. The van der Waals surface area contributed by atoms with Crippen molar-refractivity contribution in [3.8, 4) is 0 Å². The summed E-state index contributed by atoms with van der Waals surface area (Å²) < 4.78 is 0. The van der Waals surface area contributed by atoms with E-state index >= 15 is 0 Å². The third kappa shape index (κ3) is 6.64. The normalized spacial score (nSPS) is 17.9. The second-order valence-corrected chi connectivity index (χ2v) is 19.1. The molecule has 47 heavy (non-hydrogen) atoms. The van der Waals surface area contributed by atoms with Crippen LogP contribution in [-0.2, 0) is 34.5 Å². The topological polar surface area (TPSA) is 0 Å². The third-order valence-corrected chi connectivity index (χ3v) is 17.5. The van der Waals surface area contributed by atoms with Crippen LogP contribution in [0.3, 0.4) is 0 Å². The maximum absolute atomic E-state index is 2.43. The predicted octanol–water partition coefficient (Wildman–Crippen LogP) is 9.13. The standard InChI is InChI=1S/C42H36P2S3/c1-7-19-37-31(13-1)25-45-26-32-14-4-10-22-40(32)44-41-23-11-5-17-35(41)29-46-27-33-15-2-8-20-38(33)43(37)39-21-9-3-16-34(39)28-47-30-36-18-6-12-24-42(36)44/h1-24H,25-30H2. The van der Waals surface area contributed by atoms with Crippen LogP contribution < -0.4 is 31.8 Å². The van der Waals surface area contributed by atoms with Crippen LogP contribution in [0.25, 0.3) is 0 Å². The first kappa shape index (κ1) is 31.5. The van der Waals surface area contributed by atoms with Gasteiger partial charge >= 0.3 is 0 Å². The second kappa shape index (κ2) is 14.8. The minimum absolute atomic E-state index is 0.745. The Labute approximate surface area is 294 Å². The lowest BCUT2D eigenvalue weighted by atomic mass is 10.2. The van der Waals surface area contributed by atoms with Crippen LogP contribution in [0.15, 0.2) is 146 Å². The summed E-state index contributed by atoms with van der Waals surface area (Å²) in [5, 5.41) is 9.06. The minimum atomic E-state index is -0.745. The third-order valence-electron chi connectivity index (χ3n) is 8.94. The first-order valence-corrected chi connectivity index (χ1v) is 22.3. The van der Waals surface area contributed by atoms with Gasteiger partial charge in [0.25, 0.3) is 0 Å². The Balaban J connectivity index is 1.40. The zero-order valence-corrected chi connectivity index (χ0v) is 30.5. The van der Waals surface area contributed by atoms with Gasteiger partial charge in [0, 0.05) is 34.5 Å². The van der Waals surface area contributed by atoms with Crippen molar-refractivity contribution in [2.45, 2.75) is 34.5 Å². The van der Waals surface area contributed by atoms with Crippen LogP contribution in [0, 0.1) is 0 Å². The van der Waals surface area contributed by atoms with Crippen molar-refractivity contribution in [3.63, 3.8) is 0 Å². The number of fused-ring (bicyclic) bond motifs is 6. The highest BCUT2D eigenvalue weighted by molar-refractivity contribution is 7.98. The van der Waals surface area contributed by atoms with Crippen LogP contribution in [-0.4, -0.2) is 0 Å². The molecule has 0 saturated carbocycles. The number of hydrogen-bond donors (Lipinski definition) is 0. The molecule has 0 unspecified atom stereocenters. The van der Waals surface area contributed by atoms with E-state index in [4.69, 9.17) is 0 Å². The molecule has 0 aliphatic carbocycles. The smallest absolute Gasteiger partial charge is 0.0194 e. The van der Waals surface area contributed by atoms with Gasteiger partial charge in [0.1, 0.15) is 0 Å². The average Bonchev–Trinajstić information content (AvgIpc) is 3.11. The average molecular weight is 699 g/mol. The summed E-state index contributed by atoms with van der Waals surface area (Å²) >= 11 is 6.22. The summed E-state index contributed by atoms with van der Waals surface area (Å²) in [6.45, 7) is 0. The fraction of sp³-hybridized carbons (Fsp3) is 0.143. The maximum atomic E-state index is 2.43. The van der Waals surface area contributed by atoms with Crippen LogP contribution >= 0.6 is 51.1 Å². The molecule has 0 nitrogen and oxygen atoms in total. The molecule has 232 valence electrons. The Bertz CT molecular complexity index is 1650. The van der Waals surface area contributed by atoms with Gasteiger partial charge in [-0.1, -0.05) is 146 Å². The fourth-order valence-electron chi connectivity index (χ4n) is 6.70. The molecule has 0 spiro atoms. The second-order valence-electron chi connectivity index (χ2n) is 11.9. The van der Waals surface area contributed by atoms with Crippen molar-refractivity contribution in [2.75, 3.05) is 0 Å². The van der Waals surface area contributed by atoms with Gasteiger partial charge in [0.05, 0.1) is 0 Å². The zero-order valence-electron chi connectivity index (χ0n) is 26.2. The van der Waals surface area contributed by atoms with Crippen LogP contribution in [0.1, 0.15) is 33.4 Å². The van der Waals surface area contributed by atoms with Crippen molar-refractivity contribution < 1.29 is 0 Å². The monoisotopic (exact) mass is 698 g/mol. The molecule has 6 aromatic carbocycles.